The van der Waals surface area contributed by atoms with E-state index < -0.39 is 65.8 Å². The van der Waals surface area contributed by atoms with Gasteiger partial charge >= 0.3 is 5.97 Å². The first kappa shape index (κ1) is 27.3. The van der Waals surface area contributed by atoms with Crippen LogP contribution in [0, 0.1) is 5.92 Å². The highest BCUT2D eigenvalue weighted by Gasteiger charge is 2.33. The predicted octanol–water partition coefficient (Wildman–Crippen LogP) is -2.43. The number of carbonyl (C=O) groups is 5. The molecule has 6 unspecified atom stereocenters. The number of aliphatic carboxylic acids is 1. The number of aliphatic hydroxyl groups excluding tert-OH is 1. The number of hydrogen-bond acceptors (Lipinski definition) is 7. The highest BCUT2D eigenvalue weighted by atomic mass is 16.4. The summed E-state index contributed by atoms with van der Waals surface area (Å²) in [5.41, 5.74) is 10.6. The molecule has 30 heavy (non-hydrogen) atoms. The molecule has 0 heterocycles. The van der Waals surface area contributed by atoms with Crippen molar-refractivity contribution in [3.05, 3.63) is 0 Å². The summed E-state index contributed by atoms with van der Waals surface area (Å²) in [6, 6.07) is -4.80. The van der Waals surface area contributed by atoms with Crippen molar-refractivity contribution >= 4 is 29.6 Å². The smallest absolute Gasteiger partial charge is 0.328 e. The fraction of sp³-hybridized carbons (Fsp3) is 0.722. The summed E-state index contributed by atoms with van der Waals surface area (Å²) >= 11 is 0. The second-order valence-corrected chi connectivity index (χ2v) is 7.29. The van der Waals surface area contributed by atoms with Crippen LogP contribution in [-0.4, -0.2) is 70.1 Å². The molecule has 12 nitrogen and oxygen atoms in total. The van der Waals surface area contributed by atoms with Gasteiger partial charge in [-0.15, -0.1) is 0 Å². The number of carbonyl (C=O) groups excluding carboxylic acids is 4. The summed E-state index contributed by atoms with van der Waals surface area (Å²) in [4.78, 5) is 59.6. The first-order valence-electron chi connectivity index (χ1n) is 9.67. The van der Waals surface area contributed by atoms with E-state index in [0.29, 0.717) is 6.42 Å². The van der Waals surface area contributed by atoms with E-state index in [4.69, 9.17) is 16.6 Å². The van der Waals surface area contributed by atoms with Gasteiger partial charge in [-0.3, -0.25) is 19.2 Å². The Morgan fingerprint density at radius 1 is 0.900 bits per heavy atom. The molecule has 0 bridgehead atoms. The molecule has 0 aliphatic heterocycles. The lowest BCUT2D eigenvalue weighted by Gasteiger charge is -2.28. The molecule has 6 atom stereocenters. The standard InChI is InChI=1S/C18H33N5O7/c1-5-8(2)13(17(28)23-14(10(4)24)18(29)30)22-16(27)11(6-7-12(20)25)21-15(26)9(3)19/h8-11,13-14,24H,5-7,19H2,1-4H3,(H2,20,25)(H,21,26)(H,22,27)(H,23,28)(H,29,30). The Hall–Kier alpha value is -2.73. The summed E-state index contributed by atoms with van der Waals surface area (Å²) in [5.74, 6) is -4.72. The number of aliphatic hydroxyl groups is 1. The number of nitrogens with two attached hydrogens (primary N) is 2. The van der Waals surface area contributed by atoms with Crippen molar-refractivity contribution in [2.45, 2.75) is 77.2 Å². The number of carboxylic acid groups (broad SMARTS) is 1. The average Bonchev–Trinajstić information content (AvgIpc) is 2.65. The lowest BCUT2D eigenvalue weighted by atomic mass is 9.96. The van der Waals surface area contributed by atoms with Crippen molar-refractivity contribution in [1.82, 2.24) is 16.0 Å². The Balaban J connectivity index is 5.52. The van der Waals surface area contributed by atoms with Crippen LogP contribution in [0.3, 0.4) is 0 Å². The monoisotopic (exact) mass is 431 g/mol. The molecule has 172 valence electrons. The molecule has 0 saturated heterocycles. The minimum atomic E-state index is -1.57. The van der Waals surface area contributed by atoms with Gasteiger partial charge < -0.3 is 37.6 Å². The number of nitrogens with one attached hydrogen (secondary N) is 3. The molecular formula is C18H33N5O7. The van der Waals surface area contributed by atoms with Crippen LogP contribution in [0.5, 0.6) is 0 Å². The molecule has 0 saturated carbocycles. The van der Waals surface area contributed by atoms with Crippen LogP contribution in [0.4, 0.5) is 0 Å². The second-order valence-electron chi connectivity index (χ2n) is 7.29. The van der Waals surface area contributed by atoms with Gasteiger partial charge in [0.2, 0.25) is 23.6 Å². The van der Waals surface area contributed by atoms with Crippen molar-refractivity contribution in [2.24, 2.45) is 17.4 Å². The highest BCUT2D eigenvalue weighted by molar-refractivity contribution is 5.94. The molecule has 12 heteroatoms. The third-order valence-electron chi connectivity index (χ3n) is 4.57. The fourth-order valence-electron chi connectivity index (χ4n) is 2.45. The van der Waals surface area contributed by atoms with E-state index in [1.807, 2.05) is 0 Å². The van der Waals surface area contributed by atoms with Crippen LogP contribution < -0.4 is 27.4 Å². The van der Waals surface area contributed by atoms with Gasteiger partial charge in [0.25, 0.3) is 0 Å². The highest BCUT2D eigenvalue weighted by Crippen LogP contribution is 2.10. The predicted molar refractivity (Wildman–Crippen MR) is 107 cm³/mol. The third-order valence-corrected chi connectivity index (χ3v) is 4.57. The molecule has 0 fully saturated rings. The summed E-state index contributed by atoms with van der Waals surface area (Å²) in [6.07, 6.45) is -1.21. The van der Waals surface area contributed by atoms with Gasteiger partial charge in [-0.1, -0.05) is 20.3 Å². The fourth-order valence-corrected chi connectivity index (χ4v) is 2.45. The number of rotatable bonds is 13. The minimum Gasteiger partial charge on any atom is -0.480 e. The minimum absolute atomic E-state index is 0.111. The van der Waals surface area contributed by atoms with Crippen LogP contribution in [0.2, 0.25) is 0 Å². The Morgan fingerprint density at radius 2 is 1.43 bits per heavy atom. The summed E-state index contributed by atoms with van der Waals surface area (Å²) in [5, 5.41) is 25.8. The first-order valence-corrected chi connectivity index (χ1v) is 9.67. The molecule has 0 aromatic rings. The molecule has 0 spiro atoms. The van der Waals surface area contributed by atoms with Gasteiger partial charge in [0.1, 0.15) is 12.1 Å². The molecule has 0 aliphatic rings. The van der Waals surface area contributed by atoms with Gasteiger partial charge in [-0.05, 0) is 26.2 Å². The zero-order chi connectivity index (χ0) is 23.6. The Bertz CT molecular complexity index is 638. The number of primary amides is 1. The van der Waals surface area contributed by atoms with Gasteiger partial charge in [0.15, 0.2) is 6.04 Å². The number of amides is 4. The SMILES string of the molecule is CCC(C)C(NC(=O)C(CCC(N)=O)NC(=O)C(C)N)C(=O)NC(C(=O)O)C(C)O. The molecule has 0 rings (SSSR count). The molecule has 0 aromatic heterocycles. The molecule has 9 N–H and O–H groups in total. The van der Waals surface area contributed by atoms with E-state index in [2.05, 4.69) is 16.0 Å². The topological polar surface area (TPSA) is 214 Å². The van der Waals surface area contributed by atoms with Crippen molar-refractivity contribution in [2.75, 3.05) is 0 Å². The van der Waals surface area contributed by atoms with E-state index >= 15 is 0 Å². The zero-order valence-corrected chi connectivity index (χ0v) is 17.7. The van der Waals surface area contributed by atoms with Gasteiger partial charge in [-0.25, -0.2) is 4.79 Å². The maximum atomic E-state index is 12.7. The van der Waals surface area contributed by atoms with Crippen LogP contribution in [0.15, 0.2) is 0 Å². The summed E-state index contributed by atoms with van der Waals surface area (Å²) in [6.45, 7) is 6.06. The quantitative estimate of drug-likeness (QED) is 0.166. The van der Waals surface area contributed by atoms with Crippen molar-refractivity contribution in [3.63, 3.8) is 0 Å². The van der Waals surface area contributed by atoms with Gasteiger partial charge in [0, 0.05) is 6.42 Å². The normalized spacial score (nSPS) is 16.9. The first-order chi connectivity index (χ1) is 13.8. The number of hydrogen-bond donors (Lipinski definition) is 7. The van der Waals surface area contributed by atoms with E-state index in [0.717, 1.165) is 0 Å². The van der Waals surface area contributed by atoms with Crippen LogP contribution in [0.1, 0.15) is 47.0 Å². The summed E-state index contributed by atoms with van der Waals surface area (Å²) < 4.78 is 0. The molecule has 0 aromatic carbocycles. The van der Waals surface area contributed by atoms with E-state index in [1.165, 1.54) is 13.8 Å². The molecule has 4 amide bonds. The maximum Gasteiger partial charge on any atom is 0.328 e. The summed E-state index contributed by atoms with van der Waals surface area (Å²) in [7, 11) is 0. The Kier molecular flexibility index (Phi) is 11.6. The molecule has 0 aliphatic carbocycles. The zero-order valence-electron chi connectivity index (χ0n) is 17.7. The molecular weight excluding hydrogens is 398 g/mol. The van der Waals surface area contributed by atoms with E-state index in [1.54, 1.807) is 13.8 Å². The molecule has 0 radical (unpaired) electrons. The largest absolute Gasteiger partial charge is 0.480 e. The maximum absolute atomic E-state index is 12.7. The van der Waals surface area contributed by atoms with Crippen molar-refractivity contribution in [3.8, 4) is 0 Å². The van der Waals surface area contributed by atoms with E-state index in [9.17, 15) is 29.1 Å². The second kappa shape index (κ2) is 12.8. The van der Waals surface area contributed by atoms with Gasteiger partial charge in [0.05, 0.1) is 12.1 Å². The van der Waals surface area contributed by atoms with Crippen LogP contribution in [0.25, 0.3) is 0 Å². The van der Waals surface area contributed by atoms with Crippen molar-refractivity contribution in [1.29, 1.82) is 0 Å². The average molecular weight is 431 g/mol. The van der Waals surface area contributed by atoms with Gasteiger partial charge in [-0.2, -0.15) is 0 Å². The third kappa shape index (κ3) is 9.18. The lowest BCUT2D eigenvalue weighted by Crippen LogP contribution is -2.59. The number of carboxylic acids is 1. The lowest BCUT2D eigenvalue weighted by molar-refractivity contribution is -0.145. The van der Waals surface area contributed by atoms with Crippen LogP contribution in [-0.2, 0) is 24.0 Å². The van der Waals surface area contributed by atoms with Crippen molar-refractivity contribution < 1.29 is 34.2 Å². The Labute approximate surface area is 175 Å². The van der Waals surface area contributed by atoms with Crippen LogP contribution >= 0.6 is 0 Å². The Morgan fingerprint density at radius 3 is 1.83 bits per heavy atom. The van der Waals surface area contributed by atoms with E-state index in [-0.39, 0.29) is 12.8 Å².